The summed E-state index contributed by atoms with van der Waals surface area (Å²) in [5.41, 5.74) is 9.35. The summed E-state index contributed by atoms with van der Waals surface area (Å²) in [5, 5.41) is 43.7. The Morgan fingerprint density at radius 2 is 0.907 bits per heavy atom. The number of phenolic OH excluding ortho intramolecular Hbond substituents is 1. The van der Waals surface area contributed by atoms with E-state index in [1.54, 1.807) is 97.2 Å². The molecule has 12 rings (SSSR count). The molecule has 26 heteroatoms. The molecular weight excluding hydrogens is 1180 g/mol. The highest BCUT2D eigenvalue weighted by Gasteiger charge is 2.15. The number of aryl methyl sites for hydroxylation is 1. The van der Waals surface area contributed by atoms with Crippen molar-refractivity contribution in [1.29, 1.82) is 0 Å². The van der Waals surface area contributed by atoms with Gasteiger partial charge >= 0.3 is 5.97 Å². The molecule has 0 saturated heterocycles. The number of halogens is 2. The number of fused-ring (bicyclic) bond motifs is 3. The number of aromatic hydroxyl groups is 1. The van der Waals surface area contributed by atoms with Gasteiger partial charge in [0, 0.05) is 51.0 Å². The highest BCUT2D eigenvalue weighted by atomic mass is 35.5. The smallest absolute Gasteiger partial charge is 0.337 e. The van der Waals surface area contributed by atoms with Crippen molar-refractivity contribution in [2.75, 3.05) is 23.1 Å². The van der Waals surface area contributed by atoms with Gasteiger partial charge in [0.1, 0.15) is 45.6 Å². The van der Waals surface area contributed by atoms with Gasteiger partial charge in [0.2, 0.25) is 0 Å². The van der Waals surface area contributed by atoms with Gasteiger partial charge in [0.05, 0.1) is 52.4 Å². The van der Waals surface area contributed by atoms with Gasteiger partial charge in [0.25, 0.3) is 17.7 Å². The quantitative estimate of drug-likeness (QED) is 0.0269. The predicted molar refractivity (Wildman–Crippen MR) is 329 cm³/mol. The minimum absolute atomic E-state index is 0.0896. The lowest BCUT2D eigenvalue weighted by Crippen LogP contribution is -2.13. The number of aromatic nitrogens is 12. The molecule has 6 aromatic carbocycles. The summed E-state index contributed by atoms with van der Waals surface area (Å²) in [5.74, 6) is 0.260. The average molecular weight is 1220 g/mol. The van der Waals surface area contributed by atoms with Crippen molar-refractivity contribution in [3.8, 4) is 5.75 Å². The number of hydrogen-bond donors (Lipinski definition) is 7. The molecule has 0 aliphatic heterocycles. The maximum atomic E-state index is 13.3. The van der Waals surface area contributed by atoms with Crippen LogP contribution in [0.1, 0.15) is 63.7 Å². The number of anilines is 3. The first-order chi connectivity index (χ1) is 41.8. The van der Waals surface area contributed by atoms with E-state index in [1.807, 2.05) is 66.7 Å². The molecule has 12 aromatic rings. The number of ether oxygens (including phenoxy) is 1. The Morgan fingerprint density at radius 1 is 0.512 bits per heavy atom. The van der Waals surface area contributed by atoms with Gasteiger partial charge in [-0.05, 0) is 120 Å². The Balaban J connectivity index is 0.000000143. The molecule has 0 fully saturated rings. The van der Waals surface area contributed by atoms with Crippen LogP contribution in [0.3, 0.4) is 0 Å². The fourth-order valence-electron chi connectivity index (χ4n) is 8.19. The first-order valence-corrected chi connectivity index (χ1v) is 29.1. The van der Waals surface area contributed by atoms with E-state index in [0.29, 0.717) is 73.5 Å². The Morgan fingerprint density at radius 3 is 1.33 bits per heavy atom. The molecule has 0 radical (unpaired) electrons. The Kier molecular flexibility index (Phi) is 19.2. The van der Waals surface area contributed by atoms with E-state index in [1.165, 1.54) is 56.4 Å². The van der Waals surface area contributed by atoms with E-state index in [-0.39, 0.29) is 34.1 Å². The number of rotatable bonds is 16. The second-order valence-corrected chi connectivity index (χ2v) is 21.8. The van der Waals surface area contributed by atoms with Crippen molar-refractivity contribution in [3.63, 3.8) is 0 Å². The standard InChI is InChI=1S/C21H17N5O3S.C20H17N5O2S.C19H13ClFN5OS/c1-29-21(28)15-6-3-5-14(9-15)19(27)25-16-7-2-4-13(8-16)11-30-20-17-10-24-26-18(17)22-12-23-20;1-12-7-14(5-6-17(12)26)19(27)24-15-4-2-3-13(8-15)10-28-20-16-9-23-25-18(16)21-11-22-20;20-15-7-12(4-5-16(15)21)18(27)25-13-3-1-2-11(6-13)9-28-19-14-8-24-26-17(14)22-10-23-19/h2-10,12H,11H2,1H3,(H,25,27)(H,22,23,24,26);2-9,11,26H,10H2,1H3,(H,24,27)(H,21,22,23,25);1-8,10H,9H2,(H,25,27)(H,22,23,24,26). The lowest BCUT2D eigenvalue weighted by atomic mass is 10.1. The van der Waals surface area contributed by atoms with Crippen molar-refractivity contribution >= 4 is 121 Å². The number of carbonyl (C=O) groups is 4. The van der Waals surface area contributed by atoms with Crippen LogP contribution in [-0.2, 0) is 22.0 Å². The molecule has 86 heavy (non-hydrogen) atoms. The lowest BCUT2D eigenvalue weighted by molar-refractivity contribution is 0.0600. The normalized spacial score (nSPS) is 10.8. The summed E-state index contributed by atoms with van der Waals surface area (Å²) in [4.78, 5) is 74.4. The van der Waals surface area contributed by atoms with Crippen LogP contribution in [0.5, 0.6) is 5.75 Å². The van der Waals surface area contributed by atoms with E-state index >= 15 is 0 Å². The van der Waals surface area contributed by atoms with Gasteiger partial charge in [-0.2, -0.15) is 15.3 Å². The number of nitrogens with zero attached hydrogens (tertiary/aromatic N) is 9. The number of carbonyl (C=O) groups excluding carboxylic acids is 4. The predicted octanol–water partition coefficient (Wildman–Crippen LogP) is 12.3. The van der Waals surface area contributed by atoms with Crippen LogP contribution >= 0.6 is 46.9 Å². The third kappa shape index (κ3) is 15.2. The van der Waals surface area contributed by atoms with Crippen molar-refractivity contribution in [1.82, 2.24) is 60.5 Å². The van der Waals surface area contributed by atoms with Crippen LogP contribution in [0.2, 0.25) is 5.02 Å². The minimum Gasteiger partial charge on any atom is -0.508 e. The fourth-order valence-corrected chi connectivity index (χ4v) is 11.1. The number of benzene rings is 6. The molecule has 0 saturated carbocycles. The van der Waals surface area contributed by atoms with E-state index in [4.69, 9.17) is 16.3 Å². The zero-order valence-corrected chi connectivity index (χ0v) is 48.5. The monoisotopic (exact) mass is 1220 g/mol. The van der Waals surface area contributed by atoms with Crippen LogP contribution in [0.4, 0.5) is 21.5 Å². The Bertz CT molecular complexity index is 4250. The summed E-state index contributed by atoms with van der Waals surface area (Å²) in [7, 11) is 1.30. The maximum absolute atomic E-state index is 13.3. The van der Waals surface area contributed by atoms with E-state index in [0.717, 1.165) is 47.9 Å². The summed E-state index contributed by atoms with van der Waals surface area (Å²) >= 11 is 10.4. The zero-order valence-electron chi connectivity index (χ0n) is 45.3. The molecule has 0 aliphatic rings. The maximum Gasteiger partial charge on any atom is 0.337 e. The SMILES string of the molecule is COC(=O)c1cccc(C(=O)Nc2cccc(CSc3ncnc4[nH]ncc34)c2)c1.Cc1cc(C(=O)Nc2cccc(CSc3ncnc4[nH]ncc34)c2)ccc1O.O=C(Nc1cccc(CSc2ncnc3[nH]ncc23)c1)c1ccc(F)c(Cl)c1. The highest BCUT2D eigenvalue weighted by Crippen LogP contribution is 2.31. The van der Waals surface area contributed by atoms with Crippen molar-refractivity contribution in [3.05, 3.63) is 226 Å². The molecule has 21 nitrogen and oxygen atoms in total. The molecule has 6 heterocycles. The largest absolute Gasteiger partial charge is 0.508 e. The van der Waals surface area contributed by atoms with Gasteiger partial charge in [-0.3, -0.25) is 29.7 Å². The molecular formula is C60H47ClFN15O6S3. The van der Waals surface area contributed by atoms with E-state index in [9.17, 15) is 28.7 Å². The van der Waals surface area contributed by atoms with Crippen molar-refractivity contribution < 1.29 is 33.4 Å². The summed E-state index contributed by atoms with van der Waals surface area (Å²) in [6.45, 7) is 1.76. The highest BCUT2D eigenvalue weighted by molar-refractivity contribution is 7.99. The second kappa shape index (κ2) is 28.0. The molecule has 7 N–H and O–H groups in total. The molecule has 3 amide bonds. The van der Waals surface area contributed by atoms with Crippen molar-refractivity contribution in [2.24, 2.45) is 0 Å². The van der Waals surface area contributed by atoms with Gasteiger partial charge < -0.3 is 25.8 Å². The van der Waals surface area contributed by atoms with E-state index in [2.05, 4.69) is 76.4 Å². The van der Waals surface area contributed by atoms with Gasteiger partial charge in [-0.25, -0.2) is 39.1 Å². The third-order valence-electron chi connectivity index (χ3n) is 12.5. The Hall–Kier alpha value is -10.1. The second-order valence-electron chi connectivity index (χ2n) is 18.5. The molecule has 0 aliphatic carbocycles. The number of amides is 3. The summed E-state index contributed by atoms with van der Waals surface area (Å²) < 4.78 is 18.0. The molecule has 0 atom stereocenters. The number of H-pyrrole nitrogens is 3. The minimum atomic E-state index is -0.561. The topological polar surface area (TPSA) is 297 Å². The van der Waals surface area contributed by atoms with E-state index < -0.39 is 11.8 Å². The number of nitrogens with one attached hydrogen (secondary N) is 6. The third-order valence-corrected chi connectivity index (χ3v) is 16.0. The first kappa shape index (κ1) is 59.1. The van der Waals surface area contributed by atoms with Gasteiger partial charge in [0.15, 0.2) is 16.9 Å². The number of thioether (sulfide) groups is 3. The number of methoxy groups -OCH3 is 1. The average Bonchev–Trinajstić information content (AvgIpc) is 4.46. The van der Waals surface area contributed by atoms with Crippen LogP contribution in [0.25, 0.3) is 33.1 Å². The van der Waals surface area contributed by atoms with Gasteiger partial charge in [-0.1, -0.05) is 54.1 Å². The molecule has 6 aromatic heterocycles. The fraction of sp³-hybridized carbons (Fsp3) is 0.0833. The van der Waals surface area contributed by atoms with Crippen LogP contribution in [0.15, 0.2) is 186 Å². The molecule has 0 spiro atoms. The van der Waals surface area contributed by atoms with Gasteiger partial charge in [-0.15, -0.1) is 35.3 Å². The van der Waals surface area contributed by atoms with Crippen LogP contribution in [-0.4, -0.2) is 96.4 Å². The summed E-state index contributed by atoms with van der Waals surface area (Å²) in [6, 6.07) is 37.8. The number of aromatic amines is 3. The molecule has 0 unspecified atom stereocenters. The molecule has 0 bridgehead atoms. The number of hydrogen-bond acceptors (Lipinski definition) is 18. The zero-order chi connectivity index (χ0) is 59.9. The number of phenols is 1. The first-order valence-electron chi connectivity index (χ1n) is 25.8. The molecule has 430 valence electrons. The summed E-state index contributed by atoms with van der Waals surface area (Å²) in [6.07, 6.45) is 9.63. The number of esters is 1. The van der Waals surface area contributed by atoms with Crippen molar-refractivity contribution in [2.45, 2.75) is 39.3 Å². The van der Waals surface area contributed by atoms with Crippen LogP contribution in [0, 0.1) is 12.7 Å². The Labute approximate surface area is 506 Å². The van der Waals surface area contributed by atoms with Crippen LogP contribution < -0.4 is 16.0 Å². The lowest BCUT2D eigenvalue weighted by Gasteiger charge is -2.09.